The fourth-order valence-electron chi connectivity index (χ4n) is 1.00. The lowest BCUT2D eigenvalue weighted by molar-refractivity contribution is -0.390. The highest BCUT2D eigenvalue weighted by molar-refractivity contribution is 5.96. The normalized spacial score (nSPS) is 12.1. The molecule has 0 bridgehead atoms. The molecule has 0 saturated carbocycles. The summed E-state index contributed by atoms with van der Waals surface area (Å²) in [5.41, 5.74) is 4.48. The average molecular weight is 228 g/mol. The molecule has 9 heteroatoms. The van der Waals surface area contributed by atoms with Gasteiger partial charge in [0.05, 0.1) is 11.3 Å². The molecule has 1 aromatic heterocycles. The second-order valence-electron chi connectivity index (χ2n) is 2.98. The molecule has 3 N–H and O–H groups in total. The van der Waals surface area contributed by atoms with Crippen molar-refractivity contribution in [3.8, 4) is 0 Å². The molecule has 0 spiro atoms. The van der Waals surface area contributed by atoms with Gasteiger partial charge >= 0.3 is 11.8 Å². The Morgan fingerprint density at radius 3 is 2.56 bits per heavy atom. The molecular weight excluding hydrogens is 220 g/mol. The number of nitro groups is 1. The fraction of sp³-hybridized carbons (Fsp3) is 0.286. The minimum absolute atomic E-state index is 0.418. The zero-order valence-electron chi connectivity index (χ0n) is 8.15. The van der Waals surface area contributed by atoms with E-state index in [9.17, 15) is 19.7 Å². The zero-order valence-corrected chi connectivity index (χ0v) is 8.15. The van der Waals surface area contributed by atoms with E-state index in [0.717, 1.165) is 10.9 Å². The number of hydrogen-bond donors (Lipinski definition) is 2. The van der Waals surface area contributed by atoms with Gasteiger partial charge in [0.25, 0.3) is 5.91 Å². The van der Waals surface area contributed by atoms with Gasteiger partial charge in [-0.1, -0.05) is 0 Å². The SMILES string of the molecule is C[C@H](C(=O)O)n1cc(C(N)=O)c([N+](=O)[O-])n1. The second-order valence-corrected chi connectivity index (χ2v) is 2.98. The summed E-state index contributed by atoms with van der Waals surface area (Å²) in [5, 5.41) is 22.6. The maximum atomic E-state index is 10.8. The summed E-state index contributed by atoms with van der Waals surface area (Å²) < 4.78 is 0.806. The smallest absolute Gasteiger partial charge is 0.402 e. The largest absolute Gasteiger partial charge is 0.480 e. The number of rotatable bonds is 4. The number of carboxylic acids is 1. The van der Waals surface area contributed by atoms with E-state index in [1.54, 1.807) is 0 Å². The van der Waals surface area contributed by atoms with Gasteiger partial charge in [0, 0.05) is 0 Å². The van der Waals surface area contributed by atoms with Gasteiger partial charge in [-0.2, -0.15) is 4.68 Å². The summed E-state index contributed by atoms with van der Waals surface area (Å²) in [6.45, 7) is 1.27. The van der Waals surface area contributed by atoms with Gasteiger partial charge in [-0.3, -0.25) is 4.79 Å². The molecule has 0 aliphatic heterocycles. The van der Waals surface area contributed by atoms with Crippen LogP contribution in [0.4, 0.5) is 5.82 Å². The number of primary amides is 1. The molecule has 1 aromatic rings. The third-order valence-electron chi connectivity index (χ3n) is 1.91. The molecule has 0 aromatic carbocycles. The summed E-state index contributed by atoms with van der Waals surface area (Å²) in [5.74, 6) is -3.01. The molecule has 0 aliphatic carbocycles. The van der Waals surface area contributed by atoms with E-state index in [1.165, 1.54) is 6.92 Å². The third-order valence-corrected chi connectivity index (χ3v) is 1.91. The molecule has 1 heterocycles. The average Bonchev–Trinajstić information content (AvgIpc) is 2.60. The topological polar surface area (TPSA) is 141 Å². The van der Waals surface area contributed by atoms with Gasteiger partial charge in [0.2, 0.25) is 0 Å². The predicted octanol–water partition coefficient (Wildman–Crippen LogP) is -0.464. The summed E-state index contributed by atoms with van der Waals surface area (Å²) in [7, 11) is 0. The van der Waals surface area contributed by atoms with Crippen molar-refractivity contribution in [3.05, 3.63) is 21.9 Å². The van der Waals surface area contributed by atoms with Gasteiger partial charge in [0.1, 0.15) is 0 Å². The lowest BCUT2D eigenvalue weighted by Crippen LogP contribution is -2.16. The minimum atomic E-state index is -1.23. The summed E-state index contributed by atoms with van der Waals surface area (Å²) in [6.07, 6.45) is 0.944. The minimum Gasteiger partial charge on any atom is -0.480 e. The molecule has 0 unspecified atom stereocenters. The molecule has 1 atom stereocenters. The highest BCUT2D eigenvalue weighted by atomic mass is 16.6. The monoisotopic (exact) mass is 228 g/mol. The lowest BCUT2D eigenvalue weighted by atomic mass is 10.3. The molecule has 0 fully saturated rings. The number of aromatic nitrogens is 2. The molecule has 16 heavy (non-hydrogen) atoms. The Bertz CT molecular complexity index is 434. The number of carbonyl (C=O) groups is 2. The van der Waals surface area contributed by atoms with Crippen LogP contribution in [-0.2, 0) is 4.79 Å². The van der Waals surface area contributed by atoms with Crippen molar-refractivity contribution < 1.29 is 19.6 Å². The van der Waals surface area contributed by atoms with Gasteiger partial charge < -0.3 is 21.0 Å². The molecule has 9 nitrogen and oxygen atoms in total. The van der Waals surface area contributed by atoms with E-state index in [0.29, 0.717) is 0 Å². The lowest BCUT2D eigenvalue weighted by Gasteiger charge is -1.99. The quantitative estimate of drug-likeness (QED) is 0.527. The van der Waals surface area contributed by atoms with E-state index in [-0.39, 0.29) is 0 Å². The van der Waals surface area contributed by atoms with E-state index < -0.39 is 34.2 Å². The first-order chi connectivity index (χ1) is 7.34. The van der Waals surface area contributed by atoms with Gasteiger partial charge in [-0.05, 0) is 11.8 Å². The van der Waals surface area contributed by atoms with Crippen molar-refractivity contribution in [2.45, 2.75) is 13.0 Å². The number of aliphatic carboxylic acids is 1. The van der Waals surface area contributed by atoms with Gasteiger partial charge in [-0.15, -0.1) is 0 Å². The number of amides is 1. The van der Waals surface area contributed by atoms with Crippen molar-refractivity contribution in [2.24, 2.45) is 5.73 Å². The van der Waals surface area contributed by atoms with Crippen LogP contribution in [0.25, 0.3) is 0 Å². The van der Waals surface area contributed by atoms with Crippen molar-refractivity contribution >= 4 is 17.7 Å². The summed E-state index contributed by atoms with van der Waals surface area (Å²) >= 11 is 0. The van der Waals surface area contributed by atoms with Crippen molar-refractivity contribution in [1.82, 2.24) is 9.78 Å². The van der Waals surface area contributed by atoms with Crippen molar-refractivity contribution in [2.75, 3.05) is 0 Å². The molecule has 1 amide bonds. The van der Waals surface area contributed by atoms with Gasteiger partial charge in [-0.25, -0.2) is 4.79 Å². The molecular formula is C7H8N4O5. The Labute approximate surface area is 88.6 Å². The van der Waals surface area contributed by atoms with Crippen LogP contribution in [0, 0.1) is 10.1 Å². The Hall–Kier alpha value is -2.45. The molecule has 0 saturated heterocycles. The Balaban J connectivity index is 3.26. The van der Waals surface area contributed by atoms with Crippen LogP contribution >= 0.6 is 0 Å². The summed E-state index contributed by atoms with van der Waals surface area (Å²) in [6, 6.07) is -1.12. The van der Waals surface area contributed by atoms with Crippen molar-refractivity contribution in [3.63, 3.8) is 0 Å². The maximum absolute atomic E-state index is 10.8. The van der Waals surface area contributed by atoms with E-state index in [2.05, 4.69) is 5.10 Å². The number of nitrogens with zero attached hydrogens (tertiary/aromatic N) is 3. The van der Waals surface area contributed by atoms with Crippen LogP contribution in [0.2, 0.25) is 0 Å². The Kier molecular flexibility index (Phi) is 2.88. The standard InChI is InChI=1S/C7H8N4O5/c1-3(7(13)14)10-2-4(5(8)12)6(9-10)11(15)16/h2-3H,1H3,(H2,8,12)(H,13,14)/t3-/m1/s1. The van der Waals surface area contributed by atoms with Crippen LogP contribution in [0.5, 0.6) is 0 Å². The van der Waals surface area contributed by atoms with E-state index >= 15 is 0 Å². The predicted molar refractivity (Wildman–Crippen MR) is 49.7 cm³/mol. The Morgan fingerprint density at radius 2 is 2.25 bits per heavy atom. The number of carbonyl (C=O) groups excluding carboxylic acids is 1. The first-order valence-electron chi connectivity index (χ1n) is 4.10. The number of carboxylic acid groups (broad SMARTS) is 1. The van der Waals surface area contributed by atoms with E-state index in [1.807, 2.05) is 0 Å². The fourth-order valence-corrected chi connectivity index (χ4v) is 1.00. The zero-order chi connectivity index (χ0) is 12.5. The number of hydrogen-bond acceptors (Lipinski definition) is 5. The number of nitrogens with two attached hydrogens (primary N) is 1. The van der Waals surface area contributed by atoms with Crippen molar-refractivity contribution in [1.29, 1.82) is 0 Å². The third kappa shape index (κ3) is 1.97. The maximum Gasteiger partial charge on any atom is 0.402 e. The van der Waals surface area contributed by atoms with Crippen LogP contribution < -0.4 is 5.73 Å². The first kappa shape index (κ1) is 11.6. The van der Waals surface area contributed by atoms with E-state index in [4.69, 9.17) is 10.8 Å². The van der Waals surface area contributed by atoms with Crippen LogP contribution in [0.1, 0.15) is 23.3 Å². The molecule has 0 aliphatic rings. The van der Waals surface area contributed by atoms with Gasteiger partial charge in [0.15, 0.2) is 11.6 Å². The summed E-state index contributed by atoms with van der Waals surface area (Å²) in [4.78, 5) is 31.1. The highest BCUT2D eigenvalue weighted by Gasteiger charge is 2.28. The molecule has 1 rings (SSSR count). The van der Waals surface area contributed by atoms with Crippen LogP contribution in [-0.4, -0.2) is 31.7 Å². The van der Waals surface area contributed by atoms with Crippen LogP contribution in [0.15, 0.2) is 6.20 Å². The Morgan fingerprint density at radius 1 is 1.69 bits per heavy atom. The van der Waals surface area contributed by atoms with Crippen LogP contribution in [0.3, 0.4) is 0 Å². The first-order valence-corrected chi connectivity index (χ1v) is 4.10. The molecule has 86 valence electrons. The second kappa shape index (κ2) is 3.96. The molecule has 0 radical (unpaired) electrons. The highest BCUT2D eigenvalue weighted by Crippen LogP contribution is 2.17.